The van der Waals surface area contributed by atoms with Crippen molar-refractivity contribution in [2.24, 2.45) is 11.7 Å². The van der Waals surface area contributed by atoms with Gasteiger partial charge in [-0.1, -0.05) is 12.1 Å². The smallest absolute Gasteiger partial charge is 0.226 e. The molecule has 2 N–H and O–H groups in total. The molecule has 21 heavy (non-hydrogen) atoms. The molecule has 0 heterocycles. The average molecular weight is 313 g/mol. The molecule has 0 spiro atoms. The fourth-order valence-electron chi connectivity index (χ4n) is 3.03. The second kappa shape index (κ2) is 6.75. The topological polar surface area (TPSA) is 46.3 Å². The van der Waals surface area contributed by atoms with E-state index in [1.165, 1.54) is 12.1 Å². The zero-order chi connectivity index (χ0) is 14.1. The van der Waals surface area contributed by atoms with Gasteiger partial charge in [-0.05, 0) is 49.8 Å². The normalized spacial score (nSPS) is 24.5. The molecule has 116 valence electrons. The van der Waals surface area contributed by atoms with Crippen molar-refractivity contribution in [2.75, 3.05) is 0 Å². The Hall–Kier alpha value is -1.13. The van der Waals surface area contributed by atoms with Crippen LogP contribution < -0.4 is 5.73 Å². The summed E-state index contributed by atoms with van der Waals surface area (Å²) in [4.78, 5) is 14.6. The number of amides is 1. The highest BCUT2D eigenvalue weighted by atomic mass is 35.5. The number of nitrogens with zero attached hydrogens (tertiary/aromatic N) is 1. The summed E-state index contributed by atoms with van der Waals surface area (Å²) in [6.07, 6.45) is 4.85. The maximum atomic E-state index is 12.9. The summed E-state index contributed by atoms with van der Waals surface area (Å²) in [7, 11) is 0. The highest BCUT2D eigenvalue weighted by Crippen LogP contribution is 2.33. The predicted molar refractivity (Wildman–Crippen MR) is 82.5 cm³/mol. The molecule has 5 heteroatoms. The van der Waals surface area contributed by atoms with Crippen LogP contribution in [-0.2, 0) is 11.3 Å². The first-order chi connectivity index (χ1) is 9.63. The minimum Gasteiger partial charge on any atom is -0.335 e. The molecule has 3 nitrogen and oxygen atoms in total. The second-order valence-corrected chi connectivity index (χ2v) is 6.09. The van der Waals surface area contributed by atoms with Crippen molar-refractivity contribution in [1.29, 1.82) is 0 Å². The van der Waals surface area contributed by atoms with E-state index in [9.17, 15) is 9.18 Å². The molecule has 2 atom stereocenters. The Labute approximate surface area is 131 Å². The third kappa shape index (κ3) is 3.95. The highest BCUT2D eigenvalue weighted by molar-refractivity contribution is 5.85. The van der Waals surface area contributed by atoms with Crippen LogP contribution in [0, 0.1) is 11.7 Å². The van der Waals surface area contributed by atoms with E-state index in [1.807, 2.05) is 4.90 Å². The molecule has 0 saturated heterocycles. The van der Waals surface area contributed by atoms with Crippen molar-refractivity contribution in [3.05, 3.63) is 35.6 Å². The van der Waals surface area contributed by atoms with Crippen LogP contribution in [0.25, 0.3) is 0 Å². The number of rotatable bonds is 4. The molecule has 0 bridgehead atoms. The molecule has 2 fully saturated rings. The predicted octanol–water partition coefficient (Wildman–Crippen LogP) is 2.87. The lowest BCUT2D eigenvalue weighted by molar-refractivity contribution is -0.136. The van der Waals surface area contributed by atoms with Gasteiger partial charge in [0.25, 0.3) is 0 Å². The summed E-state index contributed by atoms with van der Waals surface area (Å²) in [6, 6.07) is 6.99. The summed E-state index contributed by atoms with van der Waals surface area (Å²) in [6.45, 7) is 0.593. The van der Waals surface area contributed by atoms with Crippen molar-refractivity contribution < 1.29 is 9.18 Å². The quantitative estimate of drug-likeness (QED) is 0.929. The van der Waals surface area contributed by atoms with Gasteiger partial charge in [-0.25, -0.2) is 4.39 Å². The van der Waals surface area contributed by atoms with E-state index in [0.717, 1.165) is 37.7 Å². The molecular formula is C16H22ClFN2O. The van der Waals surface area contributed by atoms with Gasteiger partial charge in [-0.2, -0.15) is 0 Å². The van der Waals surface area contributed by atoms with Crippen molar-refractivity contribution >= 4 is 18.3 Å². The lowest BCUT2D eigenvalue weighted by Crippen LogP contribution is -2.37. The number of hydrogen-bond acceptors (Lipinski definition) is 2. The molecule has 3 rings (SSSR count). The fourth-order valence-corrected chi connectivity index (χ4v) is 3.03. The number of benzene rings is 1. The minimum absolute atomic E-state index is 0. The Morgan fingerprint density at radius 3 is 2.38 bits per heavy atom. The Morgan fingerprint density at radius 2 is 1.86 bits per heavy atom. The van der Waals surface area contributed by atoms with Crippen LogP contribution >= 0.6 is 12.4 Å². The molecular weight excluding hydrogens is 291 g/mol. The lowest BCUT2D eigenvalue weighted by atomic mass is 10.1. The van der Waals surface area contributed by atoms with Gasteiger partial charge in [0, 0.05) is 24.5 Å². The largest absolute Gasteiger partial charge is 0.335 e. The van der Waals surface area contributed by atoms with Crippen molar-refractivity contribution in [3.63, 3.8) is 0 Å². The minimum atomic E-state index is -0.236. The molecule has 2 aliphatic rings. The standard InChI is InChI=1S/C16H21FN2O.ClH/c17-13-4-1-11(2-5-13)10-19(15-7-8-15)16(20)12-3-6-14(18)9-12;/h1-2,4-5,12,14-15H,3,6-10,18H2;1H. The maximum Gasteiger partial charge on any atom is 0.226 e. The molecule has 2 saturated carbocycles. The zero-order valence-electron chi connectivity index (χ0n) is 12.0. The molecule has 1 amide bonds. The van der Waals surface area contributed by atoms with Crippen molar-refractivity contribution in [2.45, 2.75) is 50.7 Å². The van der Waals surface area contributed by atoms with Crippen LogP contribution in [0.3, 0.4) is 0 Å². The van der Waals surface area contributed by atoms with Crippen LogP contribution in [0.15, 0.2) is 24.3 Å². The lowest BCUT2D eigenvalue weighted by Gasteiger charge is -2.26. The number of carbonyl (C=O) groups excluding carboxylic acids is 1. The van der Waals surface area contributed by atoms with Gasteiger partial charge in [-0.3, -0.25) is 4.79 Å². The van der Waals surface area contributed by atoms with E-state index in [1.54, 1.807) is 12.1 Å². The van der Waals surface area contributed by atoms with E-state index in [0.29, 0.717) is 12.6 Å². The Kier molecular flexibility index (Phi) is 5.22. The molecule has 0 aromatic heterocycles. The van der Waals surface area contributed by atoms with E-state index in [-0.39, 0.29) is 36.1 Å². The van der Waals surface area contributed by atoms with E-state index >= 15 is 0 Å². The first-order valence-corrected chi connectivity index (χ1v) is 7.44. The summed E-state index contributed by atoms with van der Waals surface area (Å²) in [5.41, 5.74) is 6.91. The number of hydrogen-bond donors (Lipinski definition) is 1. The van der Waals surface area contributed by atoms with Crippen LogP contribution in [0.1, 0.15) is 37.7 Å². The highest BCUT2D eigenvalue weighted by Gasteiger charge is 2.38. The second-order valence-electron chi connectivity index (χ2n) is 6.09. The maximum absolute atomic E-state index is 12.9. The fraction of sp³-hybridized carbons (Fsp3) is 0.562. The monoisotopic (exact) mass is 312 g/mol. The number of halogens is 2. The molecule has 1 aromatic carbocycles. The van der Waals surface area contributed by atoms with Gasteiger partial charge in [0.05, 0.1) is 0 Å². The number of carbonyl (C=O) groups is 1. The van der Waals surface area contributed by atoms with Crippen LogP contribution in [0.4, 0.5) is 4.39 Å². The number of nitrogens with two attached hydrogens (primary N) is 1. The molecule has 2 unspecified atom stereocenters. The Balaban J connectivity index is 0.00000161. The van der Waals surface area contributed by atoms with E-state index in [4.69, 9.17) is 5.73 Å². The molecule has 2 aliphatic carbocycles. The summed E-state index contributed by atoms with van der Waals surface area (Å²) in [5, 5.41) is 0. The summed E-state index contributed by atoms with van der Waals surface area (Å²) < 4.78 is 12.9. The first-order valence-electron chi connectivity index (χ1n) is 7.44. The van der Waals surface area contributed by atoms with Gasteiger partial charge in [0.2, 0.25) is 5.91 Å². The average Bonchev–Trinajstić information content (AvgIpc) is 3.19. The zero-order valence-corrected chi connectivity index (χ0v) is 12.8. The van der Waals surface area contributed by atoms with Crippen LogP contribution in [0.2, 0.25) is 0 Å². The van der Waals surface area contributed by atoms with Crippen molar-refractivity contribution in [1.82, 2.24) is 4.90 Å². The van der Waals surface area contributed by atoms with Crippen LogP contribution in [-0.4, -0.2) is 22.9 Å². The van der Waals surface area contributed by atoms with Crippen LogP contribution in [0.5, 0.6) is 0 Å². The third-order valence-electron chi connectivity index (χ3n) is 4.36. The molecule has 0 aliphatic heterocycles. The SMILES string of the molecule is Cl.NC1CCC(C(=O)N(Cc2ccc(F)cc2)C2CC2)C1. The van der Waals surface area contributed by atoms with Gasteiger partial charge in [0.15, 0.2) is 0 Å². The van der Waals surface area contributed by atoms with E-state index < -0.39 is 0 Å². The van der Waals surface area contributed by atoms with Gasteiger partial charge in [-0.15, -0.1) is 12.4 Å². The third-order valence-corrected chi connectivity index (χ3v) is 4.36. The van der Waals surface area contributed by atoms with Gasteiger partial charge >= 0.3 is 0 Å². The molecule has 1 aromatic rings. The van der Waals surface area contributed by atoms with Gasteiger partial charge < -0.3 is 10.6 Å². The first kappa shape index (κ1) is 16.2. The van der Waals surface area contributed by atoms with Gasteiger partial charge in [0.1, 0.15) is 5.82 Å². The Morgan fingerprint density at radius 1 is 1.19 bits per heavy atom. The van der Waals surface area contributed by atoms with Crippen molar-refractivity contribution in [3.8, 4) is 0 Å². The summed E-state index contributed by atoms with van der Waals surface area (Å²) in [5.74, 6) is 0.0932. The Bertz CT molecular complexity index is 490. The summed E-state index contributed by atoms with van der Waals surface area (Å²) >= 11 is 0. The molecule has 0 radical (unpaired) electrons. The van der Waals surface area contributed by atoms with E-state index in [2.05, 4.69) is 0 Å².